The summed E-state index contributed by atoms with van der Waals surface area (Å²) in [4.78, 5) is 6.28. The Kier molecular flexibility index (Phi) is 3.68. The Labute approximate surface area is 125 Å². The van der Waals surface area contributed by atoms with Gasteiger partial charge in [0.2, 0.25) is 0 Å². The molecule has 0 radical (unpaired) electrons. The van der Waals surface area contributed by atoms with Gasteiger partial charge in [-0.15, -0.1) is 11.3 Å². The molecule has 20 heavy (non-hydrogen) atoms. The number of hydrogen-bond acceptors (Lipinski definition) is 4. The van der Waals surface area contributed by atoms with Crippen LogP contribution in [0, 0.1) is 5.41 Å². The van der Waals surface area contributed by atoms with E-state index in [1.54, 1.807) is 0 Å². The Balaban J connectivity index is 1.96. The van der Waals surface area contributed by atoms with Crippen molar-refractivity contribution < 1.29 is 4.74 Å². The topological polar surface area (TPSA) is 48.1 Å². The van der Waals surface area contributed by atoms with Crippen molar-refractivity contribution >= 4 is 11.3 Å². The Morgan fingerprint density at radius 2 is 1.95 bits per heavy atom. The summed E-state index contributed by atoms with van der Waals surface area (Å²) < 4.78 is 5.94. The molecule has 4 heteroatoms. The van der Waals surface area contributed by atoms with Crippen molar-refractivity contribution in [1.82, 2.24) is 4.98 Å². The van der Waals surface area contributed by atoms with Crippen LogP contribution in [0.25, 0.3) is 0 Å². The monoisotopic (exact) mass is 294 g/mol. The van der Waals surface area contributed by atoms with E-state index in [1.807, 2.05) is 18.4 Å². The first kappa shape index (κ1) is 14.5. The van der Waals surface area contributed by atoms with Crippen molar-refractivity contribution in [3.63, 3.8) is 0 Å². The van der Waals surface area contributed by atoms with E-state index in [2.05, 4.69) is 13.8 Å². The third-order valence-corrected chi connectivity index (χ3v) is 6.34. The van der Waals surface area contributed by atoms with Crippen LogP contribution in [0.15, 0.2) is 0 Å². The second-order valence-electron chi connectivity index (χ2n) is 7.24. The fraction of sp³-hybridized carbons (Fsp3) is 0.812. The predicted molar refractivity (Wildman–Crippen MR) is 82.9 cm³/mol. The van der Waals surface area contributed by atoms with Gasteiger partial charge in [-0.05, 0) is 31.1 Å². The average molecular weight is 294 g/mol. The molecule has 112 valence electrons. The largest absolute Gasteiger partial charge is 0.371 e. The predicted octanol–water partition coefficient (Wildman–Crippen LogP) is 3.92. The number of hydrogen-bond donors (Lipinski definition) is 1. The average Bonchev–Trinajstić information content (AvgIpc) is 2.82. The van der Waals surface area contributed by atoms with Gasteiger partial charge in [-0.3, -0.25) is 0 Å². The first-order chi connectivity index (χ1) is 9.46. The highest BCUT2D eigenvalue weighted by atomic mass is 32.1. The van der Waals surface area contributed by atoms with E-state index in [0.717, 1.165) is 25.7 Å². The van der Waals surface area contributed by atoms with E-state index in [0.29, 0.717) is 0 Å². The third kappa shape index (κ3) is 2.42. The lowest BCUT2D eigenvalue weighted by atomic mass is 9.76. The maximum atomic E-state index is 6.38. The molecule has 1 heterocycles. The normalized spacial score (nSPS) is 28.1. The molecule has 1 aromatic heterocycles. The van der Waals surface area contributed by atoms with E-state index < -0.39 is 0 Å². The molecule has 0 saturated heterocycles. The zero-order chi connectivity index (χ0) is 14.4. The van der Waals surface area contributed by atoms with Gasteiger partial charge in [-0.25, -0.2) is 4.98 Å². The van der Waals surface area contributed by atoms with E-state index >= 15 is 0 Å². The van der Waals surface area contributed by atoms with Crippen LogP contribution >= 0.6 is 11.3 Å². The molecular formula is C16H26N2OS. The van der Waals surface area contributed by atoms with Crippen molar-refractivity contribution in [2.45, 2.75) is 70.4 Å². The molecule has 2 aliphatic carbocycles. The molecule has 1 saturated carbocycles. The highest BCUT2D eigenvalue weighted by Crippen LogP contribution is 2.47. The van der Waals surface area contributed by atoms with Crippen molar-refractivity contribution in [1.29, 1.82) is 0 Å². The van der Waals surface area contributed by atoms with Crippen LogP contribution in [-0.4, -0.2) is 12.1 Å². The minimum absolute atomic E-state index is 0.135. The van der Waals surface area contributed by atoms with E-state index in [9.17, 15) is 0 Å². The van der Waals surface area contributed by atoms with Gasteiger partial charge in [0.05, 0.1) is 5.69 Å². The van der Waals surface area contributed by atoms with Crippen LogP contribution < -0.4 is 5.73 Å². The minimum Gasteiger partial charge on any atom is -0.371 e. The summed E-state index contributed by atoms with van der Waals surface area (Å²) in [5.74, 6) is 0. The Morgan fingerprint density at radius 1 is 1.25 bits per heavy atom. The molecule has 1 atom stereocenters. The summed E-state index contributed by atoms with van der Waals surface area (Å²) >= 11 is 1.81. The number of nitrogens with zero attached hydrogens (tertiary/aromatic N) is 1. The molecule has 2 N–H and O–H groups in total. The van der Waals surface area contributed by atoms with Gasteiger partial charge in [0.25, 0.3) is 0 Å². The molecule has 0 amide bonds. The third-order valence-electron chi connectivity index (χ3n) is 4.92. The van der Waals surface area contributed by atoms with Crippen LogP contribution in [-0.2, 0) is 16.8 Å². The zero-order valence-electron chi connectivity index (χ0n) is 12.9. The van der Waals surface area contributed by atoms with E-state index in [4.69, 9.17) is 15.5 Å². The standard InChI is InChI=1S/C16H26N2OS/c1-15(2)9-11(17)13-12(10-15)18-14(20-13)16(19-3)7-5-4-6-8-16/h11H,4-10,17H2,1-3H3. The smallest absolute Gasteiger partial charge is 0.125 e. The summed E-state index contributed by atoms with van der Waals surface area (Å²) in [6.07, 6.45) is 8.13. The number of methoxy groups -OCH3 is 1. The molecular weight excluding hydrogens is 268 g/mol. The van der Waals surface area contributed by atoms with Gasteiger partial charge < -0.3 is 10.5 Å². The summed E-state index contributed by atoms with van der Waals surface area (Å²) in [5.41, 5.74) is 7.74. The van der Waals surface area contributed by atoms with Crippen LogP contribution in [0.5, 0.6) is 0 Å². The molecule has 3 nitrogen and oxygen atoms in total. The molecule has 0 aliphatic heterocycles. The van der Waals surface area contributed by atoms with Gasteiger partial charge in [-0.2, -0.15) is 0 Å². The van der Waals surface area contributed by atoms with Gasteiger partial charge in [-0.1, -0.05) is 33.1 Å². The maximum absolute atomic E-state index is 6.38. The molecule has 0 bridgehead atoms. The highest BCUT2D eigenvalue weighted by Gasteiger charge is 2.40. The minimum atomic E-state index is -0.135. The van der Waals surface area contributed by atoms with Crippen LogP contribution in [0.4, 0.5) is 0 Å². The Bertz CT molecular complexity index is 489. The van der Waals surface area contributed by atoms with Gasteiger partial charge in [0.15, 0.2) is 0 Å². The number of fused-ring (bicyclic) bond motifs is 1. The Hall–Kier alpha value is -0.450. The number of rotatable bonds is 2. The van der Waals surface area contributed by atoms with Gasteiger partial charge in [0.1, 0.15) is 10.6 Å². The summed E-state index contributed by atoms with van der Waals surface area (Å²) in [7, 11) is 1.84. The van der Waals surface area contributed by atoms with Crippen LogP contribution in [0.2, 0.25) is 0 Å². The fourth-order valence-corrected chi connectivity index (χ4v) is 5.12. The van der Waals surface area contributed by atoms with Crippen LogP contribution in [0.1, 0.15) is 74.0 Å². The van der Waals surface area contributed by atoms with Gasteiger partial charge >= 0.3 is 0 Å². The molecule has 1 aromatic rings. The first-order valence-corrected chi connectivity index (χ1v) is 8.58. The quantitative estimate of drug-likeness (QED) is 0.899. The van der Waals surface area contributed by atoms with Crippen LogP contribution in [0.3, 0.4) is 0 Å². The van der Waals surface area contributed by atoms with Crippen molar-refractivity contribution in [2.75, 3.05) is 7.11 Å². The number of aromatic nitrogens is 1. The number of thiazole rings is 1. The van der Waals surface area contributed by atoms with Gasteiger partial charge in [0, 0.05) is 18.0 Å². The van der Waals surface area contributed by atoms with Crippen molar-refractivity contribution in [3.05, 3.63) is 15.6 Å². The highest BCUT2D eigenvalue weighted by molar-refractivity contribution is 7.12. The number of ether oxygens (including phenoxy) is 1. The molecule has 2 aliphatic rings. The fourth-order valence-electron chi connectivity index (χ4n) is 3.82. The Morgan fingerprint density at radius 3 is 2.60 bits per heavy atom. The lowest BCUT2D eigenvalue weighted by Gasteiger charge is -2.34. The SMILES string of the molecule is COC1(c2nc3c(s2)C(N)CC(C)(C)C3)CCCCC1. The lowest BCUT2D eigenvalue weighted by molar-refractivity contribution is -0.0447. The number of nitrogens with two attached hydrogens (primary N) is 1. The zero-order valence-corrected chi connectivity index (χ0v) is 13.7. The summed E-state index contributed by atoms with van der Waals surface area (Å²) in [5, 5.41) is 1.18. The molecule has 0 aromatic carbocycles. The first-order valence-electron chi connectivity index (χ1n) is 7.77. The molecule has 0 spiro atoms. The maximum Gasteiger partial charge on any atom is 0.125 e. The van der Waals surface area contributed by atoms with Crippen molar-refractivity contribution in [3.8, 4) is 0 Å². The van der Waals surface area contributed by atoms with E-state index in [-0.39, 0.29) is 17.1 Å². The molecule has 1 fully saturated rings. The summed E-state index contributed by atoms with van der Waals surface area (Å²) in [6.45, 7) is 4.59. The van der Waals surface area contributed by atoms with Crippen molar-refractivity contribution in [2.24, 2.45) is 11.1 Å². The summed E-state index contributed by atoms with van der Waals surface area (Å²) in [6, 6.07) is 0.150. The second-order valence-corrected chi connectivity index (χ2v) is 8.27. The lowest BCUT2D eigenvalue weighted by Crippen LogP contribution is -2.31. The molecule has 3 rings (SSSR count). The molecule has 1 unspecified atom stereocenters. The van der Waals surface area contributed by atoms with E-state index in [1.165, 1.54) is 34.8 Å². The second kappa shape index (κ2) is 5.08.